The summed E-state index contributed by atoms with van der Waals surface area (Å²) in [6, 6.07) is -1.24. The average molecular weight is 497 g/mol. The molecule has 2 unspecified atom stereocenters. The van der Waals surface area contributed by atoms with Crippen LogP contribution >= 0.6 is 11.8 Å². The molecule has 0 aliphatic carbocycles. The first-order valence-corrected chi connectivity index (χ1v) is 13.5. The molecular weight excluding hydrogens is 452 g/mol. The second-order valence-corrected chi connectivity index (χ2v) is 14.7. The summed E-state index contributed by atoms with van der Waals surface area (Å²) in [5.74, 6) is -1.99. The number of rotatable bonds is 8. The fourth-order valence-corrected chi connectivity index (χ4v) is 9.33. The van der Waals surface area contributed by atoms with Crippen molar-refractivity contribution in [3.05, 3.63) is 0 Å². The number of carbonyl (C=O) groups is 3. The van der Waals surface area contributed by atoms with E-state index >= 15 is 0 Å². The van der Waals surface area contributed by atoms with E-state index in [1.54, 1.807) is 23.6 Å². The Morgan fingerprint density at radius 1 is 1.24 bits per heavy atom. The van der Waals surface area contributed by atoms with E-state index in [1.165, 1.54) is 0 Å². The van der Waals surface area contributed by atoms with E-state index in [4.69, 9.17) is 4.74 Å². The lowest BCUT2D eigenvalue weighted by Crippen LogP contribution is -2.60. The number of esters is 1. The normalized spacial score (nSPS) is 33.9. The molecular formula is C26H44N2O5S. The predicted octanol–water partition coefficient (Wildman–Crippen LogP) is 3.38. The van der Waals surface area contributed by atoms with Gasteiger partial charge in [-0.05, 0) is 58.3 Å². The molecule has 8 heteroatoms. The van der Waals surface area contributed by atoms with Gasteiger partial charge in [-0.3, -0.25) is 14.4 Å². The number of hydrogen-bond acceptors (Lipinski definition) is 6. The van der Waals surface area contributed by atoms with Crippen molar-refractivity contribution in [2.75, 3.05) is 13.2 Å². The number of aliphatic hydroxyl groups is 1. The molecule has 0 radical (unpaired) electrons. The highest BCUT2D eigenvalue weighted by Crippen LogP contribution is 2.71. The summed E-state index contributed by atoms with van der Waals surface area (Å²) in [6.07, 6.45) is 2.21. The number of hydrogen-bond donors (Lipinski definition) is 2. The van der Waals surface area contributed by atoms with Gasteiger partial charge in [-0.1, -0.05) is 34.6 Å². The van der Waals surface area contributed by atoms with Crippen LogP contribution in [0, 0.1) is 23.2 Å². The molecule has 34 heavy (non-hydrogen) atoms. The van der Waals surface area contributed by atoms with Gasteiger partial charge in [0.25, 0.3) is 0 Å². The van der Waals surface area contributed by atoms with Gasteiger partial charge >= 0.3 is 5.97 Å². The molecule has 0 aromatic carbocycles. The van der Waals surface area contributed by atoms with Gasteiger partial charge in [0.1, 0.15) is 6.04 Å². The van der Waals surface area contributed by atoms with E-state index in [2.05, 4.69) is 26.1 Å². The Kier molecular flexibility index (Phi) is 7.22. The van der Waals surface area contributed by atoms with Crippen molar-refractivity contribution < 1.29 is 24.2 Å². The van der Waals surface area contributed by atoms with Crippen LogP contribution < -0.4 is 5.32 Å². The van der Waals surface area contributed by atoms with Gasteiger partial charge in [0.05, 0.1) is 35.8 Å². The lowest BCUT2D eigenvalue weighted by Gasteiger charge is -2.41. The summed E-state index contributed by atoms with van der Waals surface area (Å²) in [4.78, 5) is 42.9. The maximum Gasteiger partial charge on any atom is 0.311 e. The topological polar surface area (TPSA) is 95.9 Å². The van der Waals surface area contributed by atoms with E-state index in [0.717, 1.165) is 12.8 Å². The Morgan fingerprint density at radius 2 is 1.85 bits per heavy atom. The molecule has 1 spiro atoms. The number of fused-ring (bicyclic) bond motifs is 1. The minimum Gasteiger partial charge on any atom is -0.466 e. The molecule has 3 saturated heterocycles. The molecule has 6 atom stereocenters. The smallest absolute Gasteiger partial charge is 0.311 e. The molecule has 7 nitrogen and oxygen atoms in total. The van der Waals surface area contributed by atoms with Gasteiger partial charge in [-0.15, -0.1) is 11.8 Å². The summed E-state index contributed by atoms with van der Waals surface area (Å²) < 4.78 is 4.28. The summed E-state index contributed by atoms with van der Waals surface area (Å²) in [5, 5.41) is 13.5. The van der Waals surface area contributed by atoms with Crippen LogP contribution in [0.5, 0.6) is 0 Å². The number of thioether (sulfide) groups is 1. The van der Waals surface area contributed by atoms with Crippen molar-refractivity contribution in [2.24, 2.45) is 23.2 Å². The zero-order valence-electron chi connectivity index (χ0n) is 22.4. The number of amides is 2. The van der Waals surface area contributed by atoms with E-state index in [0.29, 0.717) is 6.42 Å². The lowest BCUT2D eigenvalue weighted by atomic mass is 9.66. The molecule has 3 heterocycles. The number of nitrogens with zero attached hydrogens (tertiary/aromatic N) is 1. The zero-order chi connectivity index (χ0) is 25.9. The van der Waals surface area contributed by atoms with E-state index in [9.17, 15) is 19.5 Å². The molecule has 3 aliphatic rings. The monoisotopic (exact) mass is 496 g/mol. The number of aliphatic hydroxyl groups excluding tert-OH is 1. The Bertz CT molecular complexity index is 838. The van der Waals surface area contributed by atoms with Crippen LogP contribution in [0.25, 0.3) is 0 Å². The van der Waals surface area contributed by atoms with Crippen molar-refractivity contribution in [1.82, 2.24) is 10.2 Å². The highest BCUT2D eigenvalue weighted by molar-refractivity contribution is 8.02. The number of carbonyl (C=O) groups excluding carboxylic acids is 3. The van der Waals surface area contributed by atoms with Gasteiger partial charge in [0.15, 0.2) is 0 Å². The molecule has 2 amide bonds. The van der Waals surface area contributed by atoms with Crippen LogP contribution in [0.4, 0.5) is 0 Å². The van der Waals surface area contributed by atoms with Crippen molar-refractivity contribution in [3.63, 3.8) is 0 Å². The van der Waals surface area contributed by atoms with Crippen LogP contribution in [0.15, 0.2) is 0 Å². The first kappa shape index (κ1) is 27.3. The number of likely N-dealkylation sites (tertiary alicyclic amines) is 1. The standard InChI is InChI=1S/C26H44N2O5S/c1-10-33-22(32)18-17-21(31)28(16(13-29)15(2)3)19(26(17)12-11-25(18,9)34-26)20(30)27-24(7,8)14-23(4,5)6/h15-19,29H,10-14H2,1-9H3,(H,27,30)/t16-,17-,18-,19?,25+,26?/m0/s1. The SMILES string of the molecule is CCOC(=O)[C@@H]1[C@H]2C(=O)N([C@@H](CO)C(C)C)C(C(=O)NC(C)(C)CC(C)(C)C)C23CC[C@@]1(C)S3. The predicted molar refractivity (Wildman–Crippen MR) is 134 cm³/mol. The van der Waals surface area contributed by atoms with Gasteiger partial charge in [-0.2, -0.15) is 0 Å². The van der Waals surface area contributed by atoms with Crippen LogP contribution in [0.1, 0.15) is 81.6 Å². The third kappa shape index (κ3) is 4.49. The molecule has 194 valence electrons. The fourth-order valence-electron chi connectivity index (χ4n) is 7.00. The third-order valence-corrected chi connectivity index (χ3v) is 9.74. The van der Waals surface area contributed by atoms with Crippen molar-refractivity contribution in [3.8, 4) is 0 Å². The molecule has 0 aromatic heterocycles. The zero-order valence-corrected chi connectivity index (χ0v) is 23.2. The van der Waals surface area contributed by atoms with Crippen molar-refractivity contribution in [2.45, 2.75) is 109 Å². The van der Waals surface area contributed by atoms with E-state index in [-0.39, 0.29) is 42.3 Å². The van der Waals surface area contributed by atoms with Crippen molar-refractivity contribution >= 4 is 29.5 Å². The van der Waals surface area contributed by atoms with Crippen LogP contribution in [-0.2, 0) is 19.1 Å². The molecule has 3 fully saturated rings. The van der Waals surface area contributed by atoms with Gasteiger partial charge in [0.2, 0.25) is 11.8 Å². The largest absolute Gasteiger partial charge is 0.466 e. The minimum absolute atomic E-state index is 0.0113. The summed E-state index contributed by atoms with van der Waals surface area (Å²) in [7, 11) is 0. The molecule has 3 rings (SSSR count). The Balaban J connectivity index is 2.07. The molecule has 0 saturated carbocycles. The van der Waals surface area contributed by atoms with E-state index < -0.39 is 39.0 Å². The quantitative estimate of drug-likeness (QED) is 0.500. The second kappa shape index (κ2) is 8.99. The molecule has 3 aliphatic heterocycles. The average Bonchev–Trinajstić information content (AvgIpc) is 3.21. The Labute approximate surface area is 209 Å². The fraction of sp³-hybridized carbons (Fsp3) is 0.885. The maximum atomic E-state index is 14.1. The van der Waals surface area contributed by atoms with Crippen LogP contribution in [0.3, 0.4) is 0 Å². The van der Waals surface area contributed by atoms with E-state index in [1.807, 2.05) is 34.6 Å². The van der Waals surface area contributed by atoms with Crippen LogP contribution in [-0.4, -0.2) is 68.1 Å². The highest BCUT2D eigenvalue weighted by atomic mass is 32.2. The first-order valence-electron chi connectivity index (χ1n) is 12.7. The van der Waals surface area contributed by atoms with Crippen molar-refractivity contribution in [1.29, 1.82) is 0 Å². The summed E-state index contributed by atoms with van der Waals surface area (Å²) in [5.41, 5.74) is -0.464. The Hall–Kier alpha value is -1.28. The second-order valence-electron chi connectivity index (χ2n) is 12.8. The Morgan fingerprint density at radius 3 is 2.35 bits per heavy atom. The molecule has 2 bridgehead atoms. The molecule has 0 aromatic rings. The minimum atomic E-state index is -0.741. The molecule has 2 N–H and O–H groups in total. The third-order valence-electron chi connectivity index (χ3n) is 7.75. The maximum absolute atomic E-state index is 14.1. The lowest BCUT2D eigenvalue weighted by molar-refractivity contribution is -0.155. The number of ether oxygens (including phenoxy) is 1. The first-order chi connectivity index (χ1) is 15.5. The van der Waals surface area contributed by atoms with Gasteiger partial charge < -0.3 is 20.1 Å². The summed E-state index contributed by atoms with van der Waals surface area (Å²) >= 11 is 1.63. The van der Waals surface area contributed by atoms with Gasteiger partial charge in [-0.25, -0.2) is 0 Å². The van der Waals surface area contributed by atoms with Crippen LogP contribution in [0.2, 0.25) is 0 Å². The highest BCUT2D eigenvalue weighted by Gasteiger charge is 2.78. The summed E-state index contributed by atoms with van der Waals surface area (Å²) in [6.45, 7) is 18.2. The van der Waals surface area contributed by atoms with Gasteiger partial charge in [0, 0.05) is 10.3 Å². The number of nitrogens with one attached hydrogen (secondary N) is 1.